The molecule has 72 valence electrons. The maximum absolute atomic E-state index is 4.98. The van der Waals surface area contributed by atoms with Gasteiger partial charge in [0.05, 0.1) is 0 Å². The molecule has 0 radical (unpaired) electrons. The van der Waals surface area contributed by atoms with Crippen LogP contribution in [0.25, 0.3) is 0 Å². The second-order valence-corrected chi connectivity index (χ2v) is 2.61. The fourth-order valence-corrected chi connectivity index (χ4v) is 0.933. The van der Waals surface area contributed by atoms with Crippen molar-refractivity contribution in [3.05, 3.63) is 12.2 Å². The minimum Gasteiger partial charge on any atom is -0.257 e. The van der Waals surface area contributed by atoms with Gasteiger partial charge in [0.15, 0.2) is 0 Å². The molecule has 0 aromatic heterocycles. The lowest BCUT2D eigenvalue weighted by atomic mass is 10.2. The molecule has 0 saturated heterocycles. The third-order valence-corrected chi connectivity index (χ3v) is 1.57. The first-order valence-electron chi connectivity index (χ1n) is 4.46. The van der Waals surface area contributed by atoms with Crippen LogP contribution in [0.5, 0.6) is 0 Å². The summed E-state index contributed by atoms with van der Waals surface area (Å²) < 4.78 is 0. The van der Waals surface area contributed by atoms with E-state index in [0.29, 0.717) is 0 Å². The largest absolute Gasteiger partial charge is 0.257 e. The number of hydrogen-bond donors (Lipinski definition) is 4. The van der Waals surface area contributed by atoms with Crippen molar-refractivity contribution in [3.63, 3.8) is 0 Å². The van der Waals surface area contributed by atoms with Crippen molar-refractivity contribution in [1.29, 1.82) is 0 Å². The molecule has 0 aliphatic heterocycles. The molecule has 0 saturated carbocycles. The Kier molecular flexibility index (Phi) is 10.2. The standard InChI is InChI=1S/C8H20N4/c1-2-3-4-5-6-7-8-10-12-11-9/h2-3,10-12H,4-9H2,1H3. The van der Waals surface area contributed by atoms with E-state index >= 15 is 0 Å². The average Bonchev–Trinajstić information content (AvgIpc) is 2.10. The van der Waals surface area contributed by atoms with Crippen LogP contribution in [0.3, 0.4) is 0 Å². The van der Waals surface area contributed by atoms with E-state index in [9.17, 15) is 0 Å². The molecule has 0 aromatic rings. The van der Waals surface area contributed by atoms with Gasteiger partial charge in [0.2, 0.25) is 0 Å². The summed E-state index contributed by atoms with van der Waals surface area (Å²) in [6, 6.07) is 0. The molecule has 0 heterocycles. The van der Waals surface area contributed by atoms with E-state index in [4.69, 9.17) is 5.84 Å². The molecule has 5 N–H and O–H groups in total. The average molecular weight is 172 g/mol. The zero-order chi connectivity index (χ0) is 9.07. The predicted octanol–water partition coefficient (Wildman–Crippen LogP) is 0.595. The lowest BCUT2D eigenvalue weighted by molar-refractivity contribution is 0.434. The van der Waals surface area contributed by atoms with Gasteiger partial charge in [-0.2, -0.15) is 11.1 Å². The van der Waals surface area contributed by atoms with Crippen molar-refractivity contribution in [1.82, 2.24) is 16.5 Å². The molecule has 0 bridgehead atoms. The zero-order valence-corrected chi connectivity index (χ0v) is 7.77. The molecule has 0 spiro atoms. The van der Waals surface area contributed by atoms with E-state index in [2.05, 4.69) is 35.6 Å². The third-order valence-electron chi connectivity index (χ3n) is 1.57. The van der Waals surface area contributed by atoms with Gasteiger partial charge in [-0.05, 0) is 26.2 Å². The van der Waals surface area contributed by atoms with Crippen LogP contribution >= 0.6 is 0 Å². The summed E-state index contributed by atoms with van der Waals surface area (Å²) in [6.07, 6.45) is 9.18. The monoisotopic (exact) mass is 172 g/mol. The molecule has 0 atom stereocenters. The minimum atomic E-state index is 0.944. The summed E-state index contributed by atoms with van der Waals surface area (Å²) >= 11 is 0. The number of hydrazine groups is 3. The summed E-state index contributed by atoms with van der Waals surface area (Å²) in [7, 11) is 0. The Labute approximate surface area is 74.5 Å². The number of allylic oxidation sites excluding steroid dienone is 2. The quantitative estimate of drug-likeness (QED) is 0.187. The maximum Gasteiger partial charge on any atom is 0.0113 e. The van der Waals surface area contributed by atoms with Crippen LogP contribution in [0.1, 0.15) is 32.6 Å². The van der Waals surface area contributed by atoms with E-state index in [1.54, 1.807) is 0 Å². The molecule has 0 amide bonds. The van der Waals surface area contributed by atoms with E-state index in [1.165, 1.54) is 25.7 Å². The lowest BCUT2D eigenvalue weighted by Crippen LogP contribution is -2.47. The van der Waals surface area contributed by atoms with Crippen molar-refractivity contribution in [2.75, 3.05) is 6.54 Å². The smallest absolute Gasteiger partial charge is 0.0113 e. The number of nitrogens with two attached hydrogens (primary N) is 1. The molecular weight excluding hydrogens is 152 g/mol. The van der Waals surface area contributed by atoms with E-state index in [1.807, 2.05) is 0 Å². The number of unbranched alkanes of at least 4 members (excludes halogenated alkanes) is 3. The van der Waals surface area contributed by atoms with Crippen LogP contribution in [-0.4, -0.2) is 6.54 Å². The number of hydrogen-bond acceptors (Lipinski definition) is 4. The van der Waals surface area contributed by atoms with Crippen molar-refractivity contribution in [3.8, 4) is 0 Å². The third kappa shape index (κ3) is 9.58. The van der Waals surface area contributed by atoms with Crippen LogP contribution in [0.15, 0.2) is 12.2 Å². The van der Waals surface area contributed by atoms with E-state index < -0.39 is 0 Å². The van der Waals surface area contributed by atoms with Crippen molar-refractivity contribution in [2.24, 2.45) is 5.84 Å². The van der Waals surface area contributed by atoms with Crippen LogP contribution in [0, 0.1) is 0 Å². The Hall–Kier alpha value is -0.420. The fourth-order valence-electron chi connectivity index (χ4n) is 0.933. The predicted molar refractivity (Wildman–Crippen MR) is 51.7 cm³/mol. The second kappa shape index (κ2) is 10.6. The Morgan fingerprint density at radius 2 is 2.08 bits per heavy atom. The van der Waals surface area contributed by atoms with Gasteiger partial charge in [-0.1, -0.05) is 18.6 Å². The van der Waals surface area contributed by atoms with Gasteiger partial charge in [-0.15, -0.1) is 0 Å². The van der Waals surface area contributed by atoms with Crippen LogP contribution in [-0.2, 0) is 0 Å². The van der Waals surface area contributed by atoms with E-state index in [-0.39, 0.29) is 0 Å². The second-order valence-electron chi connectivity index (χ2n) is 2.61. The van der Waals surface area contributed by atoms with Gasteiger partial charge in [-0.25, -0.2) is 5.43 Å². The lowest BCUT2D eigenvalue weighted by Gasteiger charge is -2.03. The molecule has 0 aliphatic carbocycles. The topological polar surface area (TPSA) is 62.1 Å². The molecule has 0 unspecified atom stereocenters. The molecule has 0 aromatic carbocycles. The van der Waals surface area contributed by atoms with Gasteiger partial charge in [0, 0.05) is 6.54 Å². The molecule has 0 rings (SSSR count). The molecule has 0 aliphatic rings. The van der Waals surface area contributed by atoms with Crippen molar-refractivity contribution in [2.45, 2.75) is 32.6 Å². The minimum absolute atomic E-state index is 0.944. The normalized spacial score (nSPS) is 11.2. The summed E-state index contributed by atoms with van der Waals surface area (Å²) in [5.74, 6) is 4.98. The van der Waals surface area contributed by atoms with Gasteiger partial charge >= 0.3 is 0 Å². The zero-order valence-electron chi connectivity index (χ0n) is 7.77. The van der Waals surface area contributed by atoms with Crippen LogP contribution < -0.4 is 22.3 Å². The molecule has 0 fully saturated rings. The first kappa shape index (κ1) is 11.6. The van der Waals surface area contributed by atoms with Crippen LogP contribution in [0.2, 0.25) is 0 Å². The molecule has 4 nitrogen and oxygen atoms in total. The highest BCUT2D eigenvalue weighted by molar-refractivity contribution is 4.76. The molecule has 4 heteroatoms. The summed E-state index contributed by atoms with van der Waals surface area (Å²) in [4.78, 5) is 0. The summed E-state index contributed by atoms with van der Waals surface area (Å²) in [5.41, 5.74) is 7.84. The number of rotatable bonds is 8. The van der Waals surface area contributed by atoms with Gasteiger partial charge in [0.25, 0.3) is 0 Å². The van der Waals surface area contributed by atoms with Gasteiger partial charge in [0.1, 0.15) is 0 Å². The Bertz CT molecular complexity index is 103. The summed E-state index contributed by atoms with van der Waals surface area (Å²) in [6.45, 7) is 3.00. The Morgan fingerprint density at radius 1 is 1.25 bits per heavy atom. The first-order valence-corrected chi connectivity index (χ1v) is 4.46. The fraction of sp³-hybridized carbons (Fsp3) is 0.750. The van der Waals surface area contributed by atoms with Crippen molar-refractivity contribution < 1.29 is 0 Å². The van der Waals surface area contributed by atoms with Crippen LogP contribution in [0.4, 0.5) is 0 Å². The Morgan fingerprint density at radius 3 is 2.75 bits per heavy atom. The highest BCUT2D eigenvalue weighted by Crippen LogP contribution is 1.98. The Balaban J connectivity index is 2.81. The molecule has 12 heavy (non-hydrogen) atoms. The highest BCUT2D eigenvalue weighted by Gasteiger charge is 1.86. The van der Waals surface area contributed by atoms with E-state index in [0.717, 1.165) is 6.54 Å². The molecular formula is C8H20N4. The van der Waals surface area contributed by atoms with Crippen molar-refractivity contribution >= 4 is 0 Å². The van der Waals surface area contributed by atoms with Gasteiger partial charge < -0.3 is 0 Å². The maximum atomic E-state index is 4.98. The summed E-state index contributed by atoms with van der Waals surface area (Å²) in [5, 5.41) is 0. The SMILES string of the molecule is CC=CCCCCCNNNN. The first-order chi connectivity index (χ1) is 5.91. The highest BCUT2D eigenvalue weighted by atomic mass is 15.7. The van der Waals surface area contributed by atoms with Gasteiger partial charge in [-0.3, -0.25) is 5.84 Å². The number of nitrogens with one attached hydrogen (secondary N) is 3.